The maximum absolute atomic E-state index is 11.8. The van der Waals surface area contributed by atoms with Crippen LogP contribution in [0.1, 0.15) is 35.2 Å². The van der Waals surface area contributed by atoms with Gasteiger partial charge in [0.05, 0.1) is 12.1 Å². The summed E-state index contributed by atoms with van der Waals surface area (Å²) in [6.45, 7) is 0. The van der Waals surface area contributed by atoms with Crippen molar-refractivity contribution in [2.45, 2.75) is 25.7 Å². The van der Waals surface area contributed by atoms with Crippen LogP contribution in [-0.2, 0) is 6.42 Å². The van der Waals surface area contributed by atoms with Crippen LogP contribution in [0.15, 0.2) is 12.1 Å². The molecule has 0 amide bonds. The number of hydrogen-bond acceptors (Lipinski definition) is 2. The van der Waals surface area contributed by atoms with E-state index in [0.717, 1.165) is 30.4 Å². The highest BCUT2D eigenvalue weighted by Crippen LogP contribution is 2.31. The molecule has 0 atom stereocenters. The summed E-state index contributed by atoms with van der Waals surface area (Å²) in [5, 5.41) is 0.589. The SMILES string of the molecule is COc1cc2c(cc1Cl)CCCCC2=O. The minimum atomic E-state index is 0.206. The third-order valence-electron chi connectivity index (χ3n) is 2.78. The van der Waals surface area contributed by atoms with Crippen LogP contribution in [0.5, 0.6) is 5.75 Å². The Hall–Kier alpha value is -1.02. The summed E-state index contributed by atoms with van der Waals surface area (Å²) >= 11 is 6.03. The first kappa shape index (κ1) is 10.5. The second-order valence-electron chi connectivity index (χ2n) is 3.77. The minimum Gasteiger partial charge on any atom is -0.495 e. The number of methoxy groups -OCH3 is 1. The van der Waals surface area contributed by atoms with Crippen molar-refractivity contribution in [3.05, 3.63) is 28.3 Å². The number of carbonyl (C=O) groups excluding carboxylic acids is 1. The molecule has 80 valence electrons. The Labute approximate surface area is 94.2 Å². The first-order valence-electron chi connectivity index (χ1n) is 5.12. The molecule has 1 aromatic rings. The zero-order chi connectivity index (χ0) is 10.8. The van der Waals surface area contributed by atoms with Crippen LogP contribution < -0.4 is 4.74 Å². The number of benzene rings is 1. The summed E-state index contributed by atoms with van der Waals surface area (Å²) in [6.07, 6.45) is 3.59. The summed E-state index contributed by atoms with van der Waals surface area (Å²) in [5.41, 5.74) is 1.84. The lowest BCUT2D eigenvalue weighted by Gasteiger charge is -2.09. The van der Waals surface area contributed by atoms with Crippen molar-refractivity contribution in [1.29, 1.82) is 0 Å². The molecule has 0 fully saturated rings. The molecule has 0 saturated heterocycles. The van der Waals surface area contributed by atoms with E-state index in [2.05, 4.69) is 0 Å². The van der Waals surface area contributed by atoms with E-state index in [9.17, 15) is 4.79 Å². The molecule has 3 heteroatoms. The van der Waals surface area contributed by atoms with E-state index < -0.39 is 0 Å². The van der Waals surface area contributed by atoms with Crippen LogP contribution in [0.4, 0.5) is 0 Å². The zero-order valence-corrected chi connectivity index (χ0v) is 9.43. The zero-order valence-electron chi connectivity index (χ0n) is 8.68. The summed E-state index contributed by atoms with van der Waals surface area (Å²) in [7, 11) is 1.56. The lowest BCUT2D eigenvalue weighted by atomic mass is 10.0. The average molecular weight is 225 g/mol. The molecule has 2 rings (SSSR count). The predicted octanol–water partition coefficient (Wildman–Crippen LogP) is 3.26. The molecule has 2 nitrogen and oxygen atoms in total. The summed E-state index contributed by atoms with van der Waals surface area (Å²) in [5.74, 6) is 0.795. The molecule has 0 saturated carbocycles. The number of fused-ring (bicyclic) bond motifs is 1. The number of carbonyl (C=O) groups is 1. The topological polar surface area (TPSA) is 26.3 Å². The molecule has 0 heterocycles. The van der Waals surface area contributed by atoms with Gasteiger partial charge in [-0.15, -0.1) is 0 Å². The standard InChI is InChI=1S/C12H13ClO2/c1-15-12-7-9-8(6-10(12)13)4-2-3-5-11(9)14/h6-7H,2-5H2,1H3. The molecular formula is C12H13ClO2. The fourth-order valence-electron chi connectivity index (χ4n) is 1.95. The van der Waals surface area contributed by atoms with E-state index in [4.69, 9.17) is 16.3 Å². The van der Waals surface area contributed by atoms with Gasteiger partial charge in [-0.3, -0.25) is 4.79 Å². The van der Waals surface area contributed by atoms with Gasteiger partial charge in [0.15, 0.2) is 5.78 Å². The molecule has 0 bridgehead atoms. The smallest absolute Gasteiger partial charge is 0.163 e. The highest BCUT2D eigenvalue weighted by molar-refractivity contribution is 6.32. The number of Topliss-reactive ketones (excluding diaryl/α,β-unsaturated/α-hetero) is 1. The molecule has 0 aliphatic heterocycles. The highest BCUT2D eigenvalue weighted by atomic mass is 35.5. The van der Waals surface area contributed by atoms with E-state index in [1.807, 2.05) is 6.07 Å². The molecule has 0 N–H and O–H groups in total. The number of halogens is 1. The van der Waals surface area contributed by atoms with Crippen molar-refractivity contribution in [1.82, 2.24) is 0 Å². The van der Waals surface area contributed by atoms with Crippen molar-refractivity contribution in [2.24, 2.45) is 0 Å². The first-order valence-corrected chi connectivity index (χ1v) is 5.50. The average Bonchev–Trinajstić information content (AvgIpc) is 2.40. The molecule has 1 aliphatic carbocycles. The Morgan fingerprint density at radius 2 is 2.00 bits per heavy atom. The number of rotatable bonds is 1. The maximum Gasteiger partial charge on any atom is 0.163 e. The monoisotopic (exact) mass is 224 g/mol. The number of ketones is 1. The number of ether oxygens (including phenoxy) is 1. The van der Waals surface area contributed by atoms with Crippen molar-refractivity contribution in [3.8, 4) is 5.75 Å². The van der Waals surface area contributed by atoms with E-state index in [-0.39, 0.29) is 5.78 Å². The van der Waals surface area contributed by atoms with Gasteiger partial charge in [-0.1, -0.05) is 11.6 Å². The van der Waals surface area contributed by atoms with E-state index in [0.29, 0.717) is 17.2 Å². The third kappa shape index (κ3) is 2.00. The van der Waals surface area contributed by atoms with E-state index >= 15 is 0 Å². The second-order valence-corrected chi connectivity index (χ2v) is 4.18. The van der Waals surface area contributed by atoms with Crippen LogP contribution in [0.3, 0.4) is 0 Å². The second kappa shape index (κ2) is 4.23. The maximum atomic E-state index is 11.8. The molecule has 1 aromatic carbocycles. The van der Waals surface area contributed by atoms with Gasteiger partial charge in [0.25, 0.3) is 0 Å². The van der Waals surface area contributed by atoms with Crippen LogP contribution in [0.2, 0.25) is 5.02 Å². The molecule has 1 aliphatic rings. The normalized spacial score (nSPS) is 15.7. The third-order valence-corrected chi connectivity index (χ3v) is 3.07. The Balaban J connectivity index is 2.52. The number of aryl methyl sites for hydroxylation is 1. The highest BCUT2D eigenvalue weighted by Gasteiger charge is 2.17. The van der Waals surface area contributed by atoms with Crippen LogP contribution >= 0.6 is 11.6 Å². The lowest BCUT2D eigenvalue weighted by molar-refractivity contribution is 0.0981. The first-order chi connectivity index (χ1) is 7.22. The Kier molecular flexibility index (Phi) is 2.96. The van der Waals surface area contributed by atoms with Crippen molar-refractivity contribution in [3.63, 3.8) is 0 Å². The van der Waals surface area contributed by atoms with Crippen LogP contribution in [0, 0.1) is 0 Å². The van der Waals surface area contributed by atoms with Crippen LogP contribution in [0.25, 0.3) is 0 Å². The Morgan fingerprint density at radius 3 is 2.73 bits per heavy atom. The summed E-state index contributed by atoms with van der Waals surface area (Å²) in [6, 6.07) is 3.63. The lowest BCUT2D eigenvalue weighted by Crippen LogP contribution is -2.01. The molecule has 0 spiro atoms. The fourth-order valence-corrected chi connectivity index (χ4v) is 2.22. The van der Waals surface area contributed by atoms with E-state index in [1.165, 1.54) is 0 Å². The quantitative estimate of drug-likeness (QED) is 0.685. The molecule has 0 radical (unpaired) electrons. The largest absolute Gasteiger partial charge is 0.495 e. The van der Waals surface area contributed by atoms with Crippen LogP contribution in [-0.4, -0.2) is 12.9 Å². The van der Waals surface area contributed by atoms with Crippen molar-refractivity contribution < 1.29 is 9.53 Å². The summed E-state index contributed by atoms with van der Waals surface area (Å²) in [4.78, 5) is 11.8. The van der Waals surface area contributed by atoms with E-state index in [1.54, 1.807) is 13.2 Å². The molecular weight excluding hydrogens is 212 g/mol. The molecule has 15 heavy (non-hydrogen) atoms. The van der Waals surface area contributed by atoms with Gasteiger partial charge in [-0.05, 0) is 37.0 Å². The molecule has 0 aromatic heterocycles. The molecule has 0 unspecified atom stereocenters. The predicted molar refractivity (Wildman–Crippen MR) is 59.9 cm³/mol. The van der Waals surface area contributed by atoms with Gasteiger partial charge < -0.3 is 4.74 Å². The Bertz CT molecular complexity index is 399. The van der Waals surface area contributed by atoms with Gasteiger partial charge in [0, 0.05) is 12.0 Å². The Morgan fingerprint density at radius 1 is 1.27 bits per heavy atom. The number of hydrogen-bond donors (Lipinski definition) is 0. The summed E-state index contributed by atoms with van der Waals surface area (Å²) < 4.78 is 5.12. The van der Waals surface area contributed by atoms with Gasteiger partial charge in [-0.25, -0.2) is 0 Å². The fraction of sp³-hybridized carbons (Fsp3) is 0.417. The van der Waals surface area contributed by atoms with Gasteiger partial charge >= 0.3 is 0 Å². The van der Waals surface area contributed by atoms with Gasteiger partial charge in [0.2, 0.25) is 0 Å². The minimum absolute atomic E-state index is 0.206. The van der Waals surface area contributed by atoms with Crippen molar-refractivity contribution in [2.75, 3.05) is 7.11 Å². The van der Waals surface area contributed by atoms with Gasteiger partial charge in [-0.2, -0.15) is 0 Å². The van der Waals surface area contributed by atoms with Crippen molar-refractivity contribution >= 4 is 17.4 Å². The van der Waals surface area contributed by atoms with Gasteiger partial charge in [0.1, 0.15) is 5.75 Å².